The molecule has 0 aromatic heterocycles. The highest BCUT2D eigenvalue weighted by Gasteiger charge is 2.55. The molecule has 11 rings (SSSR count). The van der Waals surface area contributed by atoms with Crippen molar-refractivity contribution < 1.29 is 0 Å². The van der Waals surface area contributed by atoms with E-state index in [2.05, 4.69) is 26.0 Å². The van der Waals surface area contributed by atoms with E-state index in [1.807, 2.05) is 5.56 Å². The van der Waals surface area contributed by atoms with Crippen LogP contribution in [0.5, 0.6) is 0 Å². The first kappa shape index (κ1) is 24.2. The average Bonchev–Trinajstić information content (AvgIpc) is 2.81. The van der Waals surface area contributed by atoms with Crippen molar-refractivity contribution in [3.8, 4) is 0 Å². The van der Waals surface area contributed by atoms with Crippen molar-refractivity contribution in [3.05, 3.63) is 28.8 Å². The summed E-state index contributed by atoms with van der Waals surface area (Å²) in [5.74, 6) is 8.92. The van der Waals surface area contributed by atoms with E-state index in [1.165, 1.54) is 75.5 Å². The Labute approximate surface area is 238 Å². The van der Waals surface area contributed by atoms with Gasteiger partial charge in [0.2, 0.25) is 0 Å². The zero-order chi connectivity index (χ0) is 25.4. The number of fused-ring (bicyclic) bond motifs is 2. The largest absolute Gasteiger partial charge is 0.143 e. The summed E-state index contributed by atoms with van der Waals surface area (Å²) in [5, 5.41) is 0. The molecule has 10 bridgehead atoms. The Morgan fingerprint density at radius 2 is 0.895 bits per heavy atom. The summed E-state index contributed by atoms with van der Waals surface area (Å²) in [6, 6.07) is 5.70. The minimum atomic E-state index is 0.333. The Hall–Kier alpha value is -0.430. The van der Waals surface area contributed by atoms with Crippen LogP contribution < -0.4 is 0 Å². The third-order valence-electron chi connectivity index (χ3n) is 14.6. The fourth-order valence-electron chi connectivity index (χ4n) is 14.5. The molecular formula is C37H52S. The van der Waals surface area contributed by atoms with Gasteiger partial charge in [0.1, 0.15) is 0 Å². The molecule has 10 saturated carbocycles. The molecule has 0 N–H and O–H groups in total. The smallest absolute Gasteiger partial charge is 0.0116 e. The Morgan fingerprint density at radius 1 is 0.526 bits per heavy atom. The van der Waals surface area contributed by atoms with Crippen LogP contribution in [-0.2, 0) is 16.2 Å². The van der Waals surface area contributed by atoms with Gasteiger partial charge in [0.15, 0.2) is 0 Å². The van der Waals surface area contributed by atoms with Crippen LogP contribution in [0.1, 0.15) is 140 Å². The lowest BCUT2D eigenvalue weighted by Gasteiger charge is -2.59. The van der Waals surface area contributed by atoms with Crippen LogP contribution >= 0.6 is 12.6 Å². The molecule has 1 heteroatoms. The maximum absolute atomic E-state index is 5.64. The van der Waals surface area contributed by atoms with Gasteiger partial charge in [-0.3, -0.25) is 0 Å². The molecule has 38 heavy (non-hydrogen) atoms. The molecule has 0 radical (unpaired) electrons. The molecular weight excluding hydrogens is 476 g/mol. The minimum Gasteiger partial charge on any atom is -0.143 e. The van der Waals surface area contributed by atoms with Crippen molar-refractivity contribution >= 4 is 12.6 Å². The van der Waals surface area contributed by atoms with Crippen molar-refractivity contribution in [1.29, 1.82) is 0 Å². The molecule has 10 fully saturated rings. The summed E-state index contributed by atoms with van der Waals surface area (Å²) >= 11 is 5.64. The van der Waals surface area contributed by atoms with Gasteiger partial charge in [-0.1, -0.05) is 26.0 Å². The molecule has 10 aliphatic carbocycles. The van der Waals surface area contributed by atoms with Crippen molar-refractivity contribution in [3.63, 3.8) is 0 Å². The highest BCUT2D eigenvalue weighted by Crippen LogP contribution is 2.65. The molecule has 0 amide bonds. The zero-order valence-electron chi connectivity index (χ0n) is 24.3. The lowest BCUT2D eigenvalue weighted by Crippen LogP contribution is -2.50. The summed E-state index contributed by atoms with van der Waals surface area (Å²) in [5.41, 5.74) is 6.60. The van der Waals surface area contributed by atoms with E-state index in [-0.39, 0.29) is 0 Å². The van der Waals surface area contributed by atoms with E-state index in [0.29, 0.717) is 16.2 Å². The molecule has 0 saturated heterocycles. The monoisotopic (exact) mass is 528 g/mol. The number of hydrogen-bond donors (Lipinski definition) is 1. The topological polar surface area (TPSA) is 0 Å². The lowest BCUT2D eigenvalue weighted by atomic mass is 9.46. The molecule has 206 valence electrons. The van der Waals surface area contributed by atoms with Crippen LogP contribution in [0.15, 0.2) is 17.0 Å². The average molecular weight is 529 g/mol. The van der Waals surface area contributed by atoms with E-state index in [1.54, 1.807) is 49.7 Å². The molecule has 2 atom stereocenters. The molecule has 0 heterocycles. The maximum Gasteiger partial charge on any atom is 0.0116 e. The number of rotatable bonds is 3. The van der Waals surface area contributed by atoms with Crippen LogP contribution in [0, 0.1) is 53.3 Å². The molecule has 2 unspecified atom stereocenters. The van der Waals surface area contributed by atoms with E-state index < -0.39 is 0 Å². The highest BCUT2D eigenvalue weighted by molar-refractivity contribution is 7.80. The van der Waals surface area contributed by atoms with Crippen LogP contribution in [0.25, 0.3) is 0 Å². The Bertz CT molecular complexity index is 1050. The van der Waals surface area contributed by atoms with Gasteiger partial charge in [-0.05, 0) is 195 Å². The van der Waals surface area contributed by atoms with Gasteiger partial charge in [0.25, 0.3) is 0 Å². The Balaban J connectivity index is 1.20. The molecule has 1 aromatic carbocycles. The maximum atomic E-state index is 5.64. The summed E-state index contributed by atoms with van der Waals surface area (Å²) in [6.45, 7) is 5.23. The second-order valence-corrected chi connectivity index (χ2v) is 18.3. The first-order chi connectivity index (χ1) is 18.3. The normalized spacial score (nSPS) is 54.0. The SMILES string of the molecule is CC1CC2CC(C1)CC(C)(c1cc(C34CC5CC(CC(C5)C3)C4)cc(C34CC5CC(CC(C5)C3)C4)c1S)C2. The van der Waals surface area contributed by atoms with Gasteiger partial charge in [-0.25, -0.2) is 0 Å². The fourth-order valence-corrected chi connectivity index (χ4v) is 15.2. The third kappa shape index (κ3) is 3.54. The van der Waals surface area contributed by atoms with Crippen LogP contribution in [0.2, 0.25) is 0 Å². The molecule has 0 nitrogen and oxygen atoms in total. The van der Waals surface area contributed by atoms with Crippen LogP contribution in [0.4, 0.5) is 0 Å². The Kier molecular flexibility index (Phi) is 5.16. The standard InChI is InChI=1S/C37H52S/c1-22-3-23-5-24(4-22)15-35(2,14-23)32-12-31(36-16-25-6-26(17-36)8-27(7-25)18-36)13-33(34(32)38)37-19-28-9-29(20-37)11-30(10-28)21-37/h12-13,22-30,38H,3-11,14-21H2,1-2H3. The van der Waals surface area contributed by atoms with E-state index in [4.69, 9.17) is 12.6 Å². The van der Waals surface area contributed by atoms with Gasteiger partial charge in [-0.2, -0.15) is 0 Å². The van der Waals surface area contributed by atoms with Gasteiger partial charge in [0.05, 0.1) is 0 Å². The van der Waals surface area contributed by atoms with Gasteiger partial charge < -0.3 is 0 Å². The van der Waals surface area contributed by atoms with Gasteiger partial charge in [0, 0.05) is 4.90 Å². The first-order valence-corrected chi connectivity index (χ1v) is 17.6. The fraction of sp³-hybridized carbons (Fsp3) is 0.838. The Morgan fingerprint density at radius 3 is 1.34 bits per heavy atom. The number of thiol groups is 1. The minimum absolute atomic E-state index is 0.333. The second-order valence-electron chi connectivity index (χ2n) is 17.8. The van der Waals surface area contributed by atoms with Crippen LogP contribution in [-0.4, -0.2) is 0 Å². The van der Waals surface area contributed by atoms with Gasteiger partial charge >= 0.3 is 0 Å². The summed E-state index contributed by atoms with van der Waals surface area (Å²) < 4.78 is 0. The third-order valence-corrected chi connectivity index (χ3v) is 15.1. The quantitative estimate of drug-likeness (QED) is 0.371. The predicted octanol–water partition coefficient (Wildman–Crippen LogP) is 10.0. The number of benzene rings is 1. The molecule has 0 spiro atoms. The van der Waals surface area contributed by atoms with Crippen LogP contribution in [0.3, 0.4) is 0 Å². The van der Waals surface area contributed by atoms with E-state index in [0.717, 1.165) is 53.3 Å². The van der Waals surface area contributed by atoms with Crippen molar-refractivity contribution in [2.75, 3.05) is 0 Å². The van der Waals surface area contributed by atoms with E-state index in [9.17, 15) is 0 Å². The molecule has 10 aliphatic rings. The number of hydrogen-bond acceptors (Lipinski definition) is 1. The van der Waals surface area contributed by atoms with Crippen molar-refractivity contribution in [2.24, 2.45) is 53.3 Å². The second kappa shape index (κ2) is 8.10. The van der Waals surface area contributed by atoms with E-state index >= 15 is 0 Å². The molecule has 1 aromatic rings. The van der Waals surface area contributed by atoms with Crippen molar-refractivity contribution in [2.45, 2.75) is 144 Å². The zero-order valence-corrected chi connectivity index (χ0v) is 25.2. The summed E-state index contributed by atoms with van der Waals surface area (Å²) in [4.78, 5) is 1.48. The lowest BCUT2D eigenvalue weighted by molar-refractivity contribution is -0.00952. The molecule has 0 aliphatic heterocycles. The summed E-state index contributed by atoms with van der Waals surface area (Å²) in [6.07, 6.45) is 25.6. The first-order valence-electron chi connectivity index (χ1n) is 17.1. The highest BCUT2D eigenvalue weighted by atomic mass is 32.1. The predicted molar refractivity (Wildman–Crippen MR) is 160 cm³/mol. The van der Waals surface area contributed by atoms with Crippen molar-refractivity contribution in [1.82, 2.24) is 0 Å². The summed E-state index contributed by atoms with van der Waals surface area (Å²) in [7, 11) is 0. The van der Waals surface area contributed by atoms with Gasteiger partial charge in [-0.15, -0.1) is 12.6 Å².